The number of ether oxygens (including phenoxy) is 2. The van der Waals surface area contributed by atoms with Crippen LogP contribution in [0.2, 0.25) is 0 Å². The molecule has 0 bridgehead atoms. The van der Waals surface area contributed by atoms with Crippen molar-refractivity contribution in [2.24, 2.45) is 0 Å². The van der Waals surface area contributed by atoms with Gasteiger partial charge in [-0.05, 0) is 31.0 Å². The van der Waals surface area contributed by atoms with Crippen molar-refractivity contribution in [3.63, 3.8) is 0 Å². The van der Waals surface area contributed by atoms with E-state index in [2.05, 4.69) is 0 Å². The van der Waals surface area contributed by atoms with Gasteiger partial charge in [-0.2, -0.15) is 13.2 Å². The first-order valence-electron chi connectivity index (χ1n) is 5.89. The van der Waals surface area contributed by atoms with Gasteiger partial charge in [0.25, 0.3) is 0 Å². The lowest BCUT2D eigenvalue weighted by Gasteiger charge is -2.34. The topological polar surface area (TPSA) is 18.5 Å². The Morgan fingerprint density at radius 3 is 2.67 bits per heavy atom. The lowest BCUT2D eigenvalue weighted by atomic mass is 10.1. The molecule has 1 atom stereocenters. The molecular weight excluding hydrogens is 245 g/mol. The summed E-state index contributed by atoms with van der Waals surface area (Å²) in [5, 5.41) is 0. The Kier molecular flexibility index (Phi) is 3.52. The molecule has 1 fully saturated rings. The Balaban J connectivity index is 2.14. The van der Waals surface area contributed by atoms with E-state index >= 15 is 0 Å². The van der Waals surface area contributed by atoms with Crippen molar-refractivity contribution in [3.8, 4) is 5.75 Å². The molecule has 2 rings (SSSR count). The number of halogens is 3. The second-order valence-electron chi connectivity index (χ2n) is 4.57. The molecule has 1 unspecified atom stereocenters. The lowest BCUT2D eigenvalue weighted by Crippen LogP contribution is -2.38. The third-order valence-corrected chi connectivity index (χ3v) is 2.93. The highest BCUT2D eigenvalue weighted by molar-refractivity contribution is 5.30. The van der Waals surface area contributed by atoms with E-state index in [4.69, 9.17) is 9.47 Å². The molecule has 0 aromatic heterocycles. The summed E-state index contributed by atoms with van der Waals surface area (Å²) in [6.07, 6.45) is -1.76. The minimum atomic E-state index is -4.35. The maximum absolute atomic E-state index is 12.6. The van der Waals surface area contributed by atoms with Crippen molar-refractivity contribution < 1.29 is 22.6 Å². The molecule has 1 aromatic carbocycles. The van der Waals surface area contributed by atoms with Gasteiger partial charge in [-0.1, -0.05) is 6.07 Å². The monoisotopic (exact) mass is 260 g/mol. The van der Waals surface area contributed by atoms with Crippen molar-refractivity contribution >= 4 is 0 Å². The second-order valence-corrected chi connectivity index (χ2v) is 4.57. The van der Waals surface area contributed by atoms with Crippen molar-refractivity contribution in [2.45, 2.75) is 38.1 Å². The van der Waals surface area contributed by atoms with E-state index in [9.17, 15) is 13.2 Å². The van der Waals surface area contributed by atoms with Gasteiger partial charge in [0, 0.05) is 13.3 Å². The molecule has 100 valence electrons. The number of rotatable bonds is 2. The predicted octanol–water partition coefficient (Wildman–Crippen LogP) is 4.00. The molecule has 0 N–H and O–H groups in total. The summed E-state index contributed by atoms with van der Waals surface area (Å²) in [5.41, 5.74) is -0.709. The summed E-state index contributed by atoms with van der Waals surface area (Å²) in [7, 11) is 0. The van der Waals surface area contributed by atoms with E-state index < -0.39 is 17.5 Å². The smallest absolute Gasteiger partial charge is 0.416 e. The van der Waals surface area contributed by atoms with Crippen LogP contribution in [0, 0.1) is 0 Å². The van der Waals surface area contributed by atoms with Crippen LogP contribution in [0.25, 0.3) is 0 Å². The van der Waals surface area contributed by atoms with Gasteiger partial charge in [0.1, 0.15) is 5.75 Å². The van der Waals surface area contributed by atoms with Crippen LogP contribution in [-0.4, -0.2) is 12.4 Å². The fourth-order valence-electron chi connectivity index (χ4n) is 1.97. The Morgan fingerprint density at radius 2 is 2.06 bits per heavy atom. The van der Waals surface area contributed by atoms with Crippen LogP contribution < -0.4 is 4.74 Å². The molecule has 1 saturated heterocycles. The first-order chi connectivity index (χ1) is 8.39. The molecule has 1 aromatic rings. The maximum atomic E-state index is 12.6. The summed E-state index contributed by atoms with van der Waals surface area (Å²) < 4.78 is 48.7. The molecule has 0 saturated carbocycles. The van der Waals surface area contributed by atoms with Crippen LogP contribution in [0.5, 0.6) is 5.75 Å². The van der Waals surface area contributed by atoms with Gasteiger partial charge in [-0.25, -0.2) is 0 Å². The average Bonchev–Trinajstić information content (AvgIpc) is 2.28. The summed E-state index contributed by atoms with van der Waals surface area (Å²) in [5.74, 6) is -0.628. The van der Waals surface area contributed by atoms with Gasteiger partial charge < -0.3 is 9.47 Å². The van der Waals surface area contributed by atoms with Gasteiger partial charge in [0.2, 0.25) is 5.79 Å². The third kappa shape index (κ3) is 3.16. The Bertz CT molecular complexity index is 409. The van der Waals surface area contributed by atoms with Crippen LogP contribution in [-0.2, 0) is 10.9 Å². The summed E-state index contributed by atoms with van der Waals surface area (Å²) in [6.45, 7) is 2.34. The fourth-order valence-corrected chi connectivity index (χ4v) is 1.97. The normalized spacial score (nSPS) is 24.9. The average molecular weight is 260 g/mol. The largest absolute Gasteiger partial charge is 0.463 e. The Hall–Kier alpha value is -1.23. The van der Waals surface area contributed by atoms with E-state index in [1.165, 1.54) is 12.1 Å². The predicted molar refractivity (Wildman–Crippen MR) is 60.3 cm³/mol. The molecule has 0 spiro atoms. The summed E-state index contributed by atoms with van der Waals surface area (Å²) in [4.78, 5) is 0. The molecule has 2 nitrogen and oxygen atoms in total. The zero-order valence-corrected chi connectivity index (χ0v) is 10.1. The highest BCUT2D eigenvalue weighted by Gasteiger charge is 2.33. The van der Waals surface area contributed by atoms with Gasteiger partial charge in [-0.3, -0.25) is 0 Å². The Labute approximate surface area is 104 Å². The molecule has 1 heterocycles. The number of benzene rings is 1. The number of hydrogen-bond donors (Lipinski definition) is 0. The van der Waals surface area contributed by atoms with E-state index in [1.807, 2.05) is 0 Å². The van der Waals surface area contributed by atoms with Crippen molar-refractivity contribution in [2.75, 3.05) is 6.61 Å². The van der Waals surface area contributed by atoms with Crippen molar-refractivity contribution in [3.05, 3.63) is 29.8 Å². The maximum Gasteiger partial charge on any atom is 0.416 e. The lowest BCUT2D eigenvalue weighted by molar-refractivity contribution is -0.192. The zero-order valence-electron chi connectivity index (χ0n) is 10.1. The minimum Gasteiger partial charge on any atom is -0.463 e. The second kappa shape index (κ2) is 4.80. The van der Waals surface area contributed by atoms with Crippen molar-refractivity contribution in [1.29, 1.82) is 0 Å². The van der Waals surface area contributed by atoms with Gasteiger partial charge in [-0.15, -0.1) is 0 Å². The van der Waals surface area contributed by atoms with Crippen LogP contribution in [0.15, 0.2) is 24.3 Å². The molecule has 0 amide bonds. The van der Waals surface area contributed by atoms with E-state index in [-0.39, 0.29) is 5.75 Å². The van der Waals surface area contributed by atoms with E-state index in [0.717, 1.165) is 25.0 Å². The molecule has 0 aliphatic carbocycles. The summed E-state index contributed by atoms with van der Waals surface area (Å²) in [6, 6.07) is 4.88. The number of alkyl halides is 3. The molecular formula is C13H15F3O2. The Morgan fingerprint density at radius 1 is 1.28 bits per heavy atom. The molecule has 0 radical (unpaired) electrons. The van der Waals surface area contributed by atoms with Crippen LogP contribution in [0.4, 0.5) is 13.2 Å². The first-order valence-corrected chi connectivity index (χ1v) is 5.89. The van der Waals surface area contributed by atoms with Crippen LogP contribution in [0.1, 0.15) is 31.7 Å². The van der Waals surface area contributed by atoms with Gasteiger partial charge in [0.15, 0.2) is 0 Å². The SMILES string of the molecule is CC1(Oc2cccc(C(F)(F)F)c2)CCCCO1. The standard InChI is InChI=1S/C13H15F3O2/c1-12(7-2-3-8-17-12)18-11-6-4-5-10(9-11)13(14,15)16/h4-6,9H,2-3,7-8H2,1H3. The van der Waals surface area contributed by atoms with Crippen LogP contribution in [0.3, 0.4) is 0 Å². The zero-order chi connectivity index (χ0) is 13.2. The highest BCUT2D eigenvalue weighted by Crippen LogP contribution is 2.33. The molecule has 18 heavy (non-hydrogen) atoms. The molecule has 1 aliphatic rings. The number of hydrogen-bond acceptors (Lipinski definition) is 2. The first kappa shape index (κ1) is 13.2. The summed E-state index contributed by atoms with van der Waals surface area (Å²) >= 11 is 0. The van der Waals surface area contributed by atoms with Crippen molar-refractivity contribution in [1.82, 2.24) is 0 Å². The fraction of sp³-hybridized carbons (Fsp3) is 0.538. The molecule has 1 aliphatic heterocycles. The minimum absolute atomic E-state index is 0.189. The van der Waals surface area contributed by atoms with E-state index in [1.54, 1.807) is 6.92 Å². The van der Waals surface area contributed by atoms with Crippen LogP contribution >= 0.6 is 0 Å². The van der Waals surface area contributed by atoms with E-state index in [0.29, 0.717) is 13.0 Å². The van der Waals surface area contributed by atoms with Gasteiger partial charge in [0.05, 0.1) is 12.2 Å². The third-order valence-electron chi connectivity index (χ3n) is 2.93. The molecule has 5 heteroatoms. The van der Waals surface area contributed by atoms with Gasteiger partial charge >= 0.3 is 6.18 Å². The quantitative estimate of drug-likeness (QED) is 0.800. The highest BCUT2D eigenvalue weighted by atomic mass is 19.4.